The van der Waals surface area contributed by atoms with Crippen LogP contribution in [0.15, 0.2) is 103 Å². The van der Waals surface area contributed by atoms with E-state index in [2.05, 4.69) is 0 Å². The van der Waals surface area contributed by atoms with Gasteiger partial charge >= 0.3 is 0 Å². The van der Waals surface area contributed by atoms with Crippen molar-refractivity contribution in [2.24, 2.45) is 0 Å². The molecule has 0 aliphatic rings. The van der Waals surface area contributed by atoms with Crippen molar-refractivity contribution in [3.05, 3.63) is 137 Å². The van der Waals surface area contributed by atoms with Crippen LogP contribution in [-0.4, -0.2) is 18.7 Å². The van der Waals surface area contributed by atoms with E-state index in [0.717, 1.165) is 33.6 Å². The molecule has 4 rings (SSSR count). The average Bonchev–Trinajstić information content (AvgIpc) is 2.84. The van der Waals surface area contributed by atoms with Crippen LogP contribution in [0.5, 0.6) is 5.75 Å². The van der Waals surface area contributed by atoms with Crippen LogP contribution in [0, 0.1) is 13.8 Å². The second kappa shape index (κ2) is 10.9. The summed E-state index contributed by atoms with van der Waals surface area (Å²) in [4.78, 5) is 24.2. The molecule has 0 unspecified atom stereocenters. The molecule has 0 atom stereocenters. The molecule has 0 aliphatic heterocycles. The maximum Gasteiger partial charge on any atom is 0.193 e. The van der Waals surface area contributed by atoms with Crippen molar-refractivity contribution in [1.29, 1.82) is 0 Å². The molecule has 160 valence electrons. The lowest BCUT2D eigenvalue weighted by Crippen LogP contribution is -2.02. The summed E-state index contributed by atoms with van der Waals surface area (Å²) in [6.45, 7) is 3.92. The standard InChI is InChI=1S/C16H16O2.C13H10O/c1-11-5-4-6-13(9-11)16(17)14-7-8-15(18-3)12(2)10-14;14-13(11-7-3-1-4-8-11)12-9-5-2-6-10-12/h4-10H,1-3H3;1-10H. The fraction of sp³-hybridized carbons (Fsp3) is 0.103. The molecule has 0 aromatic heterocycles. The highest BCUT2D eigenvalue weighted by Crippen LogP contribution is 2.20. The summed E-state index contributed by atoms with van der Waals surface area (Å²) in [6, 6.07) is 31.7. The monoisotopic (exact) mass is 422 g/mol. The van der Waals surface area contributed by atoms with E-state index in [9.17, 15) is 9.59 Å². The van der Waals surface area contributed by atoms with E-state index in [1.807, 2.05) is 111 Å². The molecule has 4 aromatic carbocycles. The van der Waals surface area contributed by atoms with Crippen molar-refractivity contribution in [3.63, 3.8) is 0 Å². The predicted octanol–water partition coefficient (Wildman–Crippen LogP) is 6.46. The molecule has 0 aliphatic carbocycles. The molecule has 3 heteroatoms. The first-order valence-electron chi connectivity index (χ1n) is 10.4. The molecule has 0 N–H and O–H groups in total. The van der Waals surface area contributed by atoms with Gasteiger partial charge in [-0.2, -0.15) is 0 Å². The molecule has 0 amide bonds. The minimum Gasteiger partial charge on any atom is -0.496 e. The van der Waals surface area contributed by atoms with Crippen LogP contribution in [-0.2, 0) is 0 Å². The zero-order valence-corrected chi connectivity index (χ0v) is 18.5. The van der Waals surface area contributed by atoms with Crippen LogP contribution in [0.25, 0.3) is 0 Å². The van der Waals surface area contributed by atoms with Gasteiger partial charge in [-0.15, -0.1) is 0 Å². The topological polar surface area (TPSA) is 43.4 Å². The maximum absolute atomic E-state index is 12.3. The SMILES string of the molecule is COc1ccc(C(=O)c2cccc(C)c2)cc1C.O=C(c1ccccc1)c1ccccc1. The third kappa shape index (κ3) is 5.79. The number of benzene rings is 4. The van der Waals surface area contributed by atoms with E-state index in [1.165, 1.54) is 0 Å². The number of rotatable bonds is 5. The van der Waals surface area contributed by atoms with Crippen LogP contribution in [0.1, 0.15) is 43.0 Å². The van der Waals surface area contributed by atoms with E-state index in [1.54, 1.807) is 13.2 Å². The van der Waals surface area contributed by atoms with Gasteiger partial charge in [-0.3, -0.25) is 9.59 Å². The van der Waals surface area contributed by atoms with Gasteiger partial charge in [0, 0.05) is 22.3 Å². The summed E-state index contributed by atoms with van der Waals surface area (Å²) in [5.41, 5.74) is 4.94. The lowest BCUT2D eigenvalue weighted by atomic mass is 10.00. The number of ketones is 2. The van der Waals surface area contributed by atoms with Gasteiger partial charge in [-0.1, -0.05) is 84.4 Å². The highest BCUT2D eigenvalue weighted by atomic mass is 16.5. The molecule has 32 heavy (non-hydrogen) atoms. The fourth-order valence-corrected chi connectivity index (χ4v) is 3.32. The van der Waals surface area contributed by atoms with E-state index in [0.29, 0.717) is 5.56 Å². The number of carbonyl (C=O) groups excluding carboxylic acids is 2. The summed E-state index contributed by atoms with van der Waals surface area (Å²) in [7, 11) is 1.63. The second-order valence-electron chi connectivity index (χ2n) is 7.44. The molecule has 0 bridgehead atoms. The third-order valence-corrected chi connectivity index (χ3v) is 5.01. The fourth-order valence-electron chi connectivity index (χ4n) is 3.32. The minimum atomic E-state index is 0.0458. The van der Waals surface area contributed by atoms with Crippen LogP contribution in [0.3, 0.4) is 0 Å². The van der Waals surface area contributed by atoms with Crippen molar-refractivity contribution in [2.75, 3.05) is 7.11 Å². The molecular formula is C29H26O3. The lowest BCUT2D eigenvalue weighted by molar-refractivity contribution is 0.103. The van der Waals surface area contributed by atoms with Gasteiger partial charge in [0.2, 0.25) is 0 Å². The number of methoxy groups -OCH3 is 1. The van der Waals surface area contributed by atoms with Crippen molar-refractivity contribution in [2.45, 2.75) is 13.8 Å². The quantitative estimate of drug-likeness (QED) is 0.347. The highest BCUT2D eigenvalue weighted by molar-refractivity contribution is 6.09. The van der Waals surface area contributed by atoms with Crippen molar-refractivity contribution >= 4 is 11.6 Å². The van der Waals surface area contributed by atoms with E-state index >= 15 is 0 Å². The summed E-state index contributed by atoms with van der Waals surface area (Å²) in [6.07, 6.45) is 0. The highest BCUT2D eigenvalue weighted by Gasteiger charge is 2.10. The first-order valence-corrected chi connectivity index (χ1v) is 10.4. The second-order valence-corrected chi connectivity index (χ2v) is 7.44. The van der Waals surface area contributed by atoms with E-state index in [-0.39, 0.29) is 11.6 Å². The summed E-state index contributed by atoms with van der Waals surface area (Å²) in [5.74, 6) is 0.923. The van der Waals surface area contributed by atoms with E-state index < -0.39 is 0 Å². The molecule has 0 spiro atoms. The molecule has 0 fully saturated rings. The Kier molecular flexibility index (Phi) is 7.71. The maximum atomic E-state index is 12.3. The Balaban J connectivity index is 0.000000186. The zero-order chi connectivity index (χ0) is 22.9. The van der Waals surface area contributed by atoms with Gasteiger partial charge in [0.25, 0.3) is 0 Å². The Labute approximate surface area is 189 Å². The van der Waals surface area contributed by atoms with Crippen molar-refractivity contribution in [1.82, 2.24) is 0 Å². The van der Waals surface area contributed by atoms with Gasteiger partial charge in [0.05, 0.1) is 7.11 Å². The largest absolute Gasteiger partial charge is 0.496 e. The third-order valence-electron chi connectivity index (χ3n) is 5.01. The number of hydrogen-bond acceptors (Lipinski definition) is 3. The Morgan fingerprint density at radius 1 is 0.562 bits per heavy atom. The predicted molar refractivity (Wildman–Crippen MR) is 129 cm³/mol. The Hall–Kier alpha value is -3.98. The summed E-state index contributed by atoms with van der Waals surface area (Å²) in [5, 5.41) is 0. The zero-order valence-electron chi connectivity index (χ0n) is 18.5. The first-order chi connectivity index (χ1) is 15.5. The van der Waals surface area contributed by atoms with Crippen LogP contribution < -0.4 is 4.74 Å². The van der Waals surface area contributed by atoms with Crippen molar-refractivity contribution in [3.8, 4) is 5.75 Å². The van der Waals surface area contributed by atoms with Gasteiger partial charge < -0.3 is 4.74 Å². The molecule has 0 saturated heterocycles. The van der Waals surface area contributed by atoms with E-state index in [4.69, 9.17) is 4.74 Å². The van der Waals surface area contributed by atoms with Gasteiger partial charge in [-0.05, 0) is 43.7 Å². The molecule has 3 nitrogen and oxygen atoms in total. The molecule has 0 radical (unpaired) electrons. The number of ether oxygens (including phenoxy) is 1. The number of aryl methyl sites for hydroxylation is 2. The summed E-state index contributed by atoms with van der Waals surface area (Å²) < 4.78 is 5.19. The lowest BCUT2D eigenvalue weighted by Gasteiger charge is -2.07. The van der Waals surface area contributed by atoms with Crippen LogP contribution in [0.2, 0.25) is 0 Å². The smallest absolute Gasteiger partial charge is 0.193 e. The number of carbonyl (C=O) groups is 2. The van der Waals surface area contributed by atoms with Gasteiger partial charge in [-0.25, -0.2) is 0 Å². The average molecular weight is 423 g/mol. The minimum absolute atomic E-state index is 0.0458. The molecular weight excluding hydrogens is 396 g/mol. The molecule has 4 aromatic rings. The summed E-state index contributed by atoms with van der Waals surface area (Å²) >= 11 is 0. The normalized spacial score (nSPS) is 9.97. The Morgan fingerprint density at radius 2 is 1.06 bits per heavy atom. The first kappa shape index (κ1) is 22.7. The Bertz CT molecular complexity index is 1150. The van der Waals surface area contributed by atoms with Gasteiger partial charge in [0.15, 0.2) is 11.6 Å². The van der Waals surface area contributed by atoms with Crippen LogP contribution in [0.4, 0.5) is 0 Å². The van der Waals surface area contributed by atoms with Gasteiger partial charge in [0.1, 0.15) is 5.75 Å². The Morgan fingerprint density at radius 3 is 1.56 bits per heavy atom. The van der Waals surface area contributed by atoms with Crippen molar-refractivity contribution < 1.29 is 14.3 Å². The van der Waals surface area contributed by atoms with Crippen LogP contribution >= 0.6 is 0 Å². The number of hydrogen-bond donors (Lipinski definition) is 0. The molecule has 0 heterocycles. The molecule has 0 saturated carbocycles.